The molecular formula is C20H34N4O7S2. The van der Waals surface area contributed by atoms with Gasteiger partial charge in [0, 0.05) is 13.0 Å². The molecule has 1 heterocycles. The van der Waals surface area contributed by atoms with Crippen molar-refractivity contribution in [1.82, 2.24) is 15.5 Å². The molecule has 4 unspecified atom stereocenters. The highest BCUT2D eigenvalue weighted by Gasteiger charge is 2.38. The third kappa shape index (κ3) is 9.80. The second kappa shape index (κ2) is 15.0. The second-order valence-corrected chi connectivity index (χ2v) is 9.72. The fourth-order valence-corrected chi connectivity index (χ4v) is 4.41. The first-order valence-corrected chi connectivity index (χ1v) is 13.5. The maximum Gasteiger partial charge on any atom is 0.326 e. The molecule has 0 spiro atoms. The number of aliphatic carboxylic acids is 2. The van der Waals surface area contributed by atoms with Crippen LogP contribution < -0.4 is 16.4 Å². The quantitative estimate of drug-likeness (QED) is 0.198. The van der Waals surface area contributed by atoms with Gasteiger partial charge in [-0.05, 0) is 56.1 Å². The second-order valence-electron chi connectivity index (χ2n) is 7.75. The van der Waals surface area contributed by atoms with E-state index in [2.05, 4.69) is 10.6 Å². The summed E-state index contributed by atoms with van der Waals surface area (Å²) in [7, 11) is 0. The summed E-state index contributed by atoms with van der Waals surface area (Å²) >= 11 is 2.98. The van der Waals surface area contributed by atoms with Gasteiger partial charge in [-0.3, -0.25) is 19.2 Å². The van der Waals surface area contributed by atoms with E-state index < -0.39 is 53.8 Å². The van der Waals surface area contributed by atoms with Gasteiger partial charge in [-0.1, -0.05) is 0 Å². The molecule has 0 aromatic heterocycles. The molecule has 0 aromatic carbocycles. The van der Waals surface area contributed by atoms with Crippen LogP contribution in [0.2, 0.25) is 0 Å². The number of rotatable bonds is 15. The Morgan fingerprint density at radius 1 is 0.970 bits per heavy atom. The summed E-state index contributed by atoms with van der Waals surface area (Å²) in [5.41, 5.74) is 5.86. The number of carbonyl (C=O) groups is 5. The number of nitrogens with two attached hydrogens (primary N) is 1. The Morgan fingerprint density at radius 2 is 1.58 bits per heavy atom. The first-order chi connectivity index (χ1) is 15.6. The normalized spacial score (nSPS) is 18.3. The monoisotopic (exact) mass is 506 g/mol. The van der Waals surface area contributed by atoms with E-state index in [1.165, 1.54) is 28.4 Å². The van der Waals surface area contributed by atoms with Crippen molar-refractivity contribution < 1.29 is 34.2 Å². The fourth-order valence-electron chi connectivity index (χ4n) is 3.44. The molecule has 1 aliphatic rings. The van der Waals surface area contributed by atoms with E-state index in [0.29, 0.717) is 30.8 Å². The predicted molar refractivity (Wildman–Crippen MR) is 127 cm³/mol. The molecule has 33 heavy (non-hydrogen) atoms. The lowest BCUT2D eigenvalue weighted by Crippen LogP contribution is -2.57. The summed E-state index contributed by atoms with van der Waals surface area (Å²) < 4.78 is 0. The molecular weight excluding hydrogens is 472 g/mol. The summed E-state index contributed by atoms with van der Waals surface area (Å²) in [6.07, 6.45) is 4.72. The van der Waals surface area contributed by atoms with Gasteiger partial charge in [-0.2, -0.15) is 23.5 Å². The highest BCUT2D eigenvalue weighted by Crippen LogP contribution is 2.20. The first kappa shape index (κ1) is 29.0. The van der Waals surface area contributed by atoms with Crippen LogP contribution in [0, 0.1) is 0 Å². The molecule has 188 valence electrons. The van der Waals surface area contributed by atoms with E-state index in [-0.39, 0.29) is 25.8 Å². The molecule has 0 aliphatic carbocycles. The highest BCUT2D eigenvalue weighted by atomic mass is 32.2. The Bertz CT molecular complexity index is 710. The molecule has 0 radical (unpaired) electrons. The van der Waals surface area contributed by atoms with Crippen LogP contribution in [0.25, 0.3) is 0 Å². The Morgan fingerprint density at radius 3 is 2.15 bits per heavy atom. The van der Waals surface area contributed by atoms with Crippen LogP contribution in [0.15, 0.2) is 0 Å². The summed E-state index contributed by atoms with van der Waals surface area (Å²) in [5, 5.41) is 23.5. The van der Waals surface area contributed by atoms with Gasteiger partial charge in [0.1, 0.15) is 18.1 Å². The molecule has 6 N–H and O–H groups in total. The maximum absolute atomic E-state index is 13.1. The molecule has 0 aromatic rings. The van der Waals surface area contributed by atoms with Crippen LogP contribution in [0.4, 0.5) is 0 Å². The lowest BCUT2D eigenvalue weighted by Gasteiger charge is -2.29. The molecule has 1 rings (SSSR count). The smallest absolute Gasteiger partial charge is 0.326 e. The summed E-state index contributed by atoms with van der Waals surface area (Å²) in [5.74, 6) is -2.83. The number of hydrogen-bond donors (Lipinski definition) is 5. The van der Waals surface area contributed by atoms with E-state index in [1.807, 2.05) is 12.5 Å². The fraction of sp³-hybridized carbons (Fsp3) is 0.750. The van der Waals surface area contributed by atoms with Crippen LogP contribution in [0.5, 0.6) is 0 Å². The topological polar surface area (TPSA) is 179 Å². The van der Waals surface area contributed by atoms with Crippen molar-refractivity contribution in [2.75, 3.05) is 30.6 Å². The van der Waals surface area contributed by atoms with Gasteiger partial charge in [0.2, 0.25) is 17.7 Å². The van der Waals surface area contributed by atoms with Crippen molar-refractivity contribution in [3.05, 3.63) is 0 Å². The standard InChI is InChI=1S/C20H34N4O7S2/c1-32-10-7-12(21)17(27)22-13(5-6-16(25)26)18(28)23-14(8-11-33-2)19(29)24-9-3-4-15(24)20(30)31/h12-15H,3-11,21H2,1-2H3,(H,22,27)(H,23,28)(H,25,26)(H,30,31). The molecule has 11 nitrogen and oxygen atoms in total. The number of carbonyl (C=O) groups excluding carboxylic acids is 3. The van der Waals surface area contributed by atoms with Crippen molar-refractivity contribution in [3.8, 4) is 0 Å². The number of carboxylic acids is 2. The zero-order valence-corrected chi connectivity index (χ0v) is 20.6. The number of carboxylic acid groups (broad SMARTS) is 2. The van der Waals surface area contributed by atoms with Crippen molar-refractivity contribution >= 4 is 53.2 Å². The molecule has 1 saturated heterocycles. The molecule has 13 heteroatoms. The number of amides is 3. The van der Waals surface area contributed by atoms with Gasteiger partial charge in [0.05, 0.1) is 6.04 Å². The molecule has 1 fully saturated rings. The van der Waals surface area contributed by atoms with E-state index in [0.717, 1.165) is 0 Å². The van der Waals surface area contributed by atoms with E-state index in [1.54, 1.807) is 0 Å². The van der Waals surface area contributed by atoms with Gasteiger partial charge in [-0.15, -0.1) is 0 Å². The molecule has 0 saturated carbocycles. The van der Waals surface area contributed by atoms with Crippen molar-refractivity contribution in [2.45, 2.75) is 62.7 Å². The van der Waals surface area contributed by atoms with Gasteiger partial charge in [0.15, 0.2) is 0 Å². The number of nitrogens with one attached hydrogen (secondary N) is 2. The Labute approximate surface area is 202 Å². The number of nitrogens with zero attached hydrogens (tertiary/aromatic N) is 1. The SMILES string of the molecule is CSCCC(N)C(=O)NC(CCC(=O)O)C(=O)NC(CCSC)C(=O)N1CCCC1C(=O)O. The van der Waals surface area contributed by atoms with Crippen LogP contribution in [-0.4, -0.2) is 99.5 Å². The number of likely N-dealkylation sites (tertiary alicyclic amines) is 1. The lowest BCUT2D eigenvalue weighted by atomic mass is 10.1. The maximum atomic E-state index is 13.1. The predicted octanol–water partition coefficient (Wildman–Crippen LogP) is -0.270. The van der Waals surface area contributed by atoms with Gasteiger partial charge >= 0.3 is 11.9 Å². The number of thioether (sulfide) groups is 2. The van der Waals surface area contributed by atoms with Gasteiger partial charge in [0.25, 0.3) is 0 Å². The molecule has 4 atom stereocenters. The van der Waals surface area contributed by atoms with E-state index >= 15 is 0 Å². The average molecular weight is 507 g/mol. The largest absolute Gasteiger partial charge is 0.481 e. The average Bonchev–Trinajstić information content (AvgIpc) is 3.27. The van der Waals surface area contributed by atoms with Crippen LogP contribution >= 0.6 is 23.5 Å². The van der Waals surface area contributed by atoms with Crippen molar-refractivity contribution in [3.63, 3.8) is 0 Å². The minimum absolute atomic E-state index is 0.174. The van der Waals surface area contributed by atoms with E-state index in [9.17, 15) is 29.1 Å². The Balaban J connectivity index is 2.96. The molecule has 3 amide bonds. The Hall–Kier alpha value is -1.99. The van der Waals surface area contributed by atoms with Crippen molar-refractivity contribution in [2.24, 2.45) is 5.73 Å². The first-order valence-electron chi connectivity index (χ1n) is 10.7. The zero-order chi connectivity index (χ0) is 25.0. The minimum Gasteiger partial charge on any atom is -0.481 e. The van der Waals surface area contributed by atoms with Gasteiger partial charge < -0.3 is 31.5 Å². The summed E-state index contributed by atoms with van der Waals surface area (Å²) in [4.78, 5) is 62.3. The minimum atomic E-state index is -1.19. The van der Waals surface area contributed by atoms with Gasteiger partial charge in [-0.25, -0.2) is 4.79 Å². The Kier molecular flexibility index (Phi) is 13.2. The lowest BCUT2D eigenvalue weighted by molar-refractivity contribution is -0.149. The zero-order valence-electron chi connectivity index (χ0n) is 19.0. The molecule has 1 aliphatic heterocycles. The molecule has 0 bridgehead atoms. The third-order valence-electron chi connectivity index (χ3n) is 5.30. The van der Waals surface area contributed by atoms with Crippen molar-refractivity contribution in [1.29, 1.82) is 0 Å². The summed E-state index contributed by atoms with van der Waals surface area (Å²) in [6, 6.07) is -3.97. The highest BCUT2D eigenvalue weighted by molar-refractivity contribution is 7.98. The number of hydrogen-bond acceptors (Lipinski definition) is 8. The third-order valence-corrected chi connectivity index (χ3v) is 6.58. The van der Waals surface area contributed by atoms with Crippen LogP contribution in [-0.2, 0) is 24.0 Å². The summed E-state index contributed by atoms with van der Waals surface area (Å²) in [6.45, 7) is 0.283. The van der Waals surface area contributed by atoms with Crippen LogP contribution in [0.1, 0.15) is 38.5 Å². The van der Waals surface area contributed by atoms with Crippen LogP contribution in [0.3, 0.4) is 0 Å². The van der Waals surface area contributed by atoms with E-state index in [4.69, 9.17) is 10.8 Å².